The molecule has 3 N–H and O–H groups in total. The molecule has 112 valence electrons. The van der Waals surface area contributed by atoms with Gasteiger partial charge in [0.1, 0.15) is 0 Å². The first kappa shape index (κ1) is 16.8. The summed E-state index contributed by atoms with van der Waals surface area (Å²) in [5.74, 6) is 1.14. The van der Waals surface area contributed by atoms with Gasteiger partial charge in [0.15, 0.2) is 0 Å². The summed E-state index contributed by atoms with van der Waals surface area (Å²) in [5.41, 5.74) is 0. The van der Waals surface area contributed by atoms with Crippen molar-refractivity contribution in [3.8, 4) is 0 Å². The molecule has 0 saturated carbocycles. The molecule has 0 bridgehead atoms. The van der Waals surface area contributed by atoms with Crippen molar-refractivity contribution < 1.29 is 9.90 Å². The second-order valence-corrected chi connectivity index (χ2v) is 6.68. The summed E-state index contributed by atoms with van der Waals surface area (Å²) in [6, 6.07) is 0.0178. The average molecular weight is 288 g/mol. The van der Waals surface area contributed by atoms with E-state index in [0.717, 1.165) is 13.1 Å². The predicted molar refractivity (Wildman–Crippen MR) is 81.4 cm³/mol. The summed E-state index contributed by atoms with van der Waals surface area (Å²) in [6.45, 7) is 6.37. The number of aliphatic hydroxyl groups excluding tert-OH is 1. The SMILES string of the molecule is CSC(CO)C(C)NC(=O)CC(C)C1CCCNC1. The Morgan fingerprint density at radius 3 is 2.79 bits per heavy atom. The highest BCUT2D eigenvalue weighted by atomic mass is 32.2. The first-order valence-electron chi connectivity index (χ1n) is 7.22. The number of carbonyl (C=O) groups is 1. The molecule has 5 heteroatoms. The van der Waals surface area contributed by atoms with Crippen molar-refractivity contribution >= 4 is 17.7 Å². The van der Waals surface area contributed by atoms with Gasteiger partial charge in [0.2, 0.25) is 5.91 Å². The third kappa shape index (κ3) is 5.71. The molecule has 19 heavy (non-hydrogen) atoms. The number of aliphatic hydroxyl groups is 1. The lowest BCUT2D eigenvalue weighted by atomic mass is 9.85. The third-order valence-corrected chi connectivity index (χ3v) is 5.24. The summed E-state index contributed by atoms with van der Waals surface area (Å²) < 4.78 is 0. The summed E-state index contributed by atoms with van der Waals surface area (Å²) in [5, 5.41) is 15.7. The lowest BCUT2D eigenvalue weighted by Gasteiger charge is -2.29. The van der Waals surface area contributed by atoms with Gasteiger partial charge in [-0.15, -0.1) is 0 Å². The predicted octanol–water partition coefficient (Wildman–Crippen LogP) is 1.24. The fourth-order valence-electron chi connectivity index (χ4n) is 2.67. The van der Waals surface area contributed by atoms with Crippen LogP contribution in [-0.4, -0.2) is 48.3 Å². The van der Waals surface area contributed by atoms with Crippen molar-refractivity contribution in [2.45, 2.75) is 44.4 Å². The van der Waals surface area contributed by atoms with Crippen LogP contribution in [0.25, 0.3) is 0 Å². The van der Waals surface area contributed by atoms with E-state index in [1.165, 1.54) is 12.8 Å². The number of amides is 1. The lowest BCUT2D eigenvalue weighted by molar-refractivity contribution is -0.123. The number of hydrogen-bond donors (Lipinski definition) is 3. The van der Waals surface area contributed by atoms with Crippen molar-refractivity contribution in [2.75, 3.05) is 26.0 Å². The summed E-state index contributed by atoms with van der Waals surface area (Å²) >= 11 is 1.59. The Balaban J connectivity index is 2.33. The van der Waals surface area contributed by atoms with Gasteiger partial charge in [-0.2, -0.15) is 11.8 Å². The van der Waals surface area contributed by atoms with E-state index in [2.05, 4.69) is 17.6 Å². The molecule has 4 unspecified atom stereocenters. The van der Waals surface area contributed by atoms with Crippen LogP contribution in [0, 0.1) is 11.8 Å². The van der Waals surface area contributed by atoms with E-state index in [-0.39, 0.29) is 23.8 Å². The molecule has 0 aromatic rings. The van der Waals surface area contributed by atoms with Gasteiger partial charge >= 0.3 is 0 Å². The first-order valence-corrected chi connectivity index (χ1v) is 8.51. The van der Waals surface area contributed by atoms with Gasteiger partial charge < -0.3 is 15.7 Å². The van der Waals surface area contributed by atoms with Crippen LogP contribution in [0.2, 0.25) is 0 Å². The minimum Gasteiger partial charge on any atom is -0.395 e. The van der Waals surface area contributed by atoms with Crippen molar-refractivity contribution in [1.82, 2.24) is 10.6 Å². The van der Waals surface area contributed by atoms with E-state index in [0.29, 0.717) is 18.3 Å². The number of nitrogens with one attached hydrogen (secondary N) is 2. The fraction of sp³-hybridized carbons (Fsp3) is 0.929. The van der Waals surface area contributed by atoms with Gasteiger partial charge in [0.25, 0.3) is 0 Å². The summed E-state index contributed by atoms with van der Waals surface area (Å²) in [6.07, 6.45) is 4.98. The molecule has 1 aliphatic rings. The van der Waals surface area contributed by atoms with Crippen LogP contribution in [0.1, 0.15) is 33.1 Å². The molecule has 1 aliphatic heterocycles. The zero-order valence-electron chi connectivity index (χ0n) is 12.3. The van der Waals surface area contributed by atoms with Gasteiger partial charge in [0.05, 0.1) is 6.61 Å². The van der Waals surface area contributed by atoms with Crippen molar-refractivity contribution in [3.63, 3.8) is 0 Å². The Bertz CT molecular complexity index is 266. The molecule has 4 atom stereocenters. The number of hydrogen-bond acceptors (Lipinski definition) is 4. The van der Waals surface area contributed by atoms with Crippen LogP contribution in [-0.2, 0) is 4.79 Å². The molecule has 1 heterocycles. The van der Waals surface area contributed by atoms with Crippen LogP contribution < -0.4 is 10.6 Å². The molecule has 1 fully saturated rings. The number of rotatable bonds is 7. The van der Waals surface area contributed by atoms with E-state index in [9.17, 15) is 9.90 Å². The standard InChI is InChI=1S/C14H28N2O2S/c1-10(12-5-4-6-15-8-12)7-14(18)16-11(2)13(9-17)19-3/h10-13,15,17H,4-9H2,1-3H3,(H,16,18). The van der Waals surface area contributed by atoms with Gasteiger partial charge in [-0.3, -0.25) is 4.79 Å². The van der Waals surface area contributed by atoms with E-state index in [4.69, 9.17) is 0 Å². The molecular weight excluding hydrogens is 260 g/mol. The van der Waals surface area contributed by atoms with Crippen LogP contribution in [0.3, 0.4) is 0 Å². The number of carbonyl (C=O) groups excluding carboxylic acids is 1. The Morgan fingerprint density at radius 1 is 1.53 bits per heavy atom. The highest BCUT2D eigenvalue weighted by Gasteiger charge is 2.23. The third-order valence-electron chi connectivity index (χ3n) is 4.08. The Hall–Kier alpha value is -0.260. The molecule has 0 aromatic heterocycles. The van der Waals surface area contributed by atoms with Gasteiger partial charge in [-0.1, -0.05) is 6.92 Å². The Kier molecular flexibility index (Phi) is 7.80. The smallest absolute Gasteiger partial charge is 0.220 e. The van der Waals surface area contributed by atoms with E-state index < -0.39 is 0 Å². The van der Waals surface area contributed by atoms with Crippen LogP contribution in [0.5, 0.6) is 0 Å². The van der Waals surface area contributed by atoms with Crippen LogP contribution in [0.4, 0.5) is 0 Å². The van der Waals surface area contributed by atoms with Crippen LogP contribution >= 0.6 is 11.8 Å². The number of thioether (sulfide) groups is 1. The maximum atomic E-state index is 12.0. The second kappa shape index (κ2) is 8.82. The van der Waals surface area contributed by atoms with Crippen molar-refractivity contribution in [1.29, 1.82) is 0 Å². The lowest BCUT2D eigenvalue weighted by Crippen LogP contribution is -2.42. The Labute approximate surface area is 121 Å². The monoisotopic (exact) mass is 288 g/mol. The number of piperidine rings is 1. The highest BCUT2D eigenvalue weighted by molar-refractivity contribution is 7.99. The van der Waals surface area contributed by atoms with Crippen molar-refractivity contribution in [2.24, 2.45) is 11.8 Å². The maximum absolute atomic E-state index is 12.0. The average Bonchev–Trinajstić information content (AvgIpc) is 2.40. The quantitative estimate of drug-likeness (QED) is 0.660. The Morgan fingerprint density at radius 2 is 2.26 bits per heavy atom. The molecule has 0 aliphatic carbocycles. The first-order chi connectivity index (χ1) is 9.08. The van der Waals surface area contributed by atoms with E-state index in [1.54, 1.807) is 11.8 Å². The van der Waals surface area contributed by atoms with Crippen molar-refractivity contribution in [3.05, 3.63) is 0 Å². The van der Waals surface area contributed by atoms with E-state index in [1.807, 2.05) is 13.2 Å². The van der Waals surface area contributed by atoms with Gasteiger partial charge in [-0.25, -0.2) is 0 Å². The molecule has 1 saturated heterocycles. The molecular formula is C14H28N2O2S. The normalized spacial score (nSPS) is 24.5. The summed E-state index contributed by atoms with van der Waals surface area (Å²) in [4.78, 5) is 12.0. The largest absolute Gasteiger partial charge is 0.395 e. The zero-order chi connectivity index (χ0) is 14.3. The van der Waals surface area contributed by atoms with Gasteiger partial charge in [-0.05, 0) is 50.9 Å². The fourth-order valence-corrected chi connectivity index (χ4v) is 3.29. The molecule has 1 rings (SSSR count). The molecule has 0 spiro atoms. The summed E-state index contributed by atoms with van der Waals surface area (Å²) in [7, 11) is 0. The zero-order valence-corrected chi connectivity index (χ0v) is 13.1. The van der Waals surface area contributed by atoms with Crippen LogP contribution in [0.15, 0.2) is 0 Å². The molecule has 1 amide bonds. The van der Waals surface area contributed by atoms with Gasteiger partial charge in [0, 0.05) is 17.7 Å². The molecule has 0 radical (unpaired) electrons. The topological polar surface area (TPSA) is 61.4 Å². The highest BCUT2D eigenvalue weighted by Crippen LogP contribution is 2.22. The van der Waals surface area contributed by atoms with E-state index >= 15 is 0 Å². The maximum Gasteiger partial charge on any atom is 0.220 e. The minimum absolute atomic E-state index is 0.0178. The minimum atomic E-state index is 0.0178. The second-order valence-electron chi connectivity index (χ2n) is 5.60. The molecule has 4 nitrogen and oxygen atoms in total. The molecule has 0 aromatic carbocycles.